The molecule has 2 rings (SSSR count). The van der Waals surface area contributed by atoms with Crippen LogP contribution in [0.5, 0.6) is 0 Å². The number of hydrogen-bond acceptors (Lipinski definition) is 4. The van der Waals surface area contributed by atoms with Gasteiger partial charge in [0.2, 0.25) is 0 Å². The summed E-state index contributed by atoms with van der Waals surface area (Å²) >= 11 is 0. The third kappa shape index (κ3) is 3.42. The van der Waals surface area contributed by atoms with Gasteiger partial charge in [-0.2, -0.15) is 0 Å². The quantitative estimate of drug-likeness (QED) is 0.802. The number of hydrogen-bond donors (Lipinski definition) is 1. The second kappa shape index (κ2) is 6.29. The van der Waals surface area contributed by atoms with E-state index in [-0.39, 0.29) is 12.5 Å². The molecule has 1 aliphatic rings. The number of nitrogens with zero attached hydrogens (tertiary/aromatic N) is 2. The van der Waals surface area contributed by atoms with Crippen LogP contribution in [0.4, 0.5) is 0 Å². The summed E-state index contributed by atoms with van der Waals surface area (Å²) in [6.07, 6.45) is 0.710. The minimum Gasteiger partial charge on any atom is -0.480 e. The lowest BCUT2D eigenvalue weighted by atomic mass is 10.1. The van der Waals surface area contributed by atoms with Gasteiger partial charge in [-0.25, -0.2) is 0 Å². The molecule has 1 amide bonds. The number of carboxylic acids is 1. The molecule has 1 saturated heterocycles. The molecular weight excluding hydrogens is 260 g/mol. The van der Waals surface area contributed by atoms with Gasteiger partial charge in [0, 0.05) is 37.3 Å². The van der Waals surface area contributed by atoms with E-state index in [1.165, 1.54) is 0 Å². The first kappa shape index (κ1) is 14.2. The Bertz CT molecular complexity index is 522. The Morgan fingerprint density at radius 1 is 1.20 bits per heavy atom. The lowest BCUT2D eigenvalue weighted by Crippen LogP contribution is -2.49. The smallest absolute Gasteiger partial charge is 0.317 e. The Balaban J connectivity index is 1.97. The van der Waals surface area contributed by atoms with Crippen molar-refractivity contribution in [2.75, 3.05) is 32.7 Å². The summed E-state index contributed by atoms with van der Waals surface area (Å²) in [7, 11) is 0. The van der Waals surface area contributed by atoms with Crippen LogP contribution in [0.3, 0.4) is 0 Å². The van der Waals surface area contributed by atoms with Crippen LogP contribution < -0.4 is 0 Å². The molecule has 20 heavy (non-hydrogen) atoms. The highest BCUT2D eigenvalue weighted by Gasteiger charge is 2.23. The third-order valence-electron chi connectivity index (χ3n) is 3.29. The number of aliphatic carboxylic acids is 1. The van der Waals surface area contributed by atoms with E-state index in [0.717, 1.165) is 0 Å². The van der Waals surface area contributed by atoms with E-state index in [0.29, 0.717) is 43.6 Å². The maximum atomic E-state index is 12.3. The highest BCUT2D eigenvalue weighted by molar-refractivity contribution is 5.95. The molecule has 6 nitrogen and oxygen atoms in total. The van der Waals surface area contributed by atoms with Crippen molar-refractivity contribution in [3.05, 3.63) is 35.4 Å². The second-order valence-electron chi connectivity index (χ2n) is 4.71. The minimum atomic E-state index is -0.858. The summed E-state index contributed by atoms with van der Waals surface area (Å²) < 4.78 is 0. The highest BCUT2D eigenvalue weighted by atomic mass is 16.4. The molecule has 1 fully saturated rings. The molecule has 0 atom stereocenters. The van der Waals surface area contributed by atoms with Crippen LogP contribution >= 0.6 is 0 Å². The number of rotatable bonds is 4. The number of amides is 1. The largest absolute Gasteiger partial charge is 0.480 e. The molecule has 0 unspecified atom stereocenters. The van der Waals surface area contributed by atoms with Gasteiger partial charge in [-0.3, -0.25) is 19.3 Å². The molecule has 0 spiro atoms. The minimum absolute atomic E-state index is 0.00264. The van der Waals surface area contributed by atoms with Crippen molar-refractivity contribution in [3.63, 3.8) is 0 Å². The van der Waals surface area contributed by atoms with E-state index >= 15 is 0 Å². The van der Waals surface area contributed by atoms with Crippen molar-refractivity contribution >= 4 is 18.2 Å². The van der Waals surface area contributed by atoms with Crippen LogP contribution in [0.1, 0.15) is 20.7 Å². The molecule has 1 aromatic rings. The van der Waals surface area contributed by atoms with E-state index < -0.39 is 5.97 Å². The van der Waals surface area contributed by atoms with Crippen molar-refractivity contribution < 1.29 is 19.5 Å². The number of carbonyl (C=O) groups is 3. The van der Waals surface area contributed by atoms with Crippen LogP contribution in [-0.2, 0) is 4.79 Å². The average Bonchev–Trinajstić information content (AvgIpc) is 2.47. The van der Waals surface area contributed by atoms with Gasteiger partial charge in [-0.1, -0.05) is 12.1 Å². The van der Waals surface area contributed by atoms with Crippen molar-refractivity contribution in [1.82, 2.24) is 9.80 Å². The Morgan fingerprint density at radius 2 is 1.90 bits per heavy atom. The predicted molar refractivity (Wildman–Crippen MR) is 71.8 cm³/mol. The van der Waals surface area contributed by atoms with E-state index in [9.17, 15) is 14.4 Å². The molecule has 106 valence electrons. The number of benzene rings is 1. The summed E-state index contributed by atoms with van der Waals surface area (Å²) in [6, 6.07) is 6.57. The fraction of sp³-hybridized carbons (Fsp3) is 0.357. The first-order valence-corrected chi connectivity index (χ1v) is 6.39. The second-order valence-corrected chi connectivity index (χ2v) is 4.71. The molecular formula is C14H16N2O4. The standard InChI is InChI=1S/C14H16N2O4/c17-10-11-2-1-3-12(8-11)14(20)16-6-4-15(5-7-16)9-13(18)19/h1-3,8,10H,4-7,9H2,(H,18,19). The highest BCUT2D eigenvalue weighted by Crippen LogP contribution is 2.10. The first-order valence-electron chi connectivity index (χ1n) is 6.39. The molecule has 0 aromatic heterocycles. The Kier molecular flexibility index (Phi) is 4.47. The van der Waals surface area contributed by atoms with Gasteiger partial charge in [0.15, 0.2) is 0 Å². The van der Waals surface area contributed by atoms with E-state index in [1.807, 2.05) is 0 Å². The number of aldehydes is 1. The van der Waals surface area contributed by atoms with Crippen molar-refractivity contribution in [2.24, 2.45) is 0 Å². The van der Waals surface area contributed by atoms with Crippen LogP contribution in [-0.4, -0.2) is 65.8 Å². The van der Waals surface area contributed by atoms with Gasteiger partial charge in [0.1, 0.15) is 6.29 Å². The Labute approximate surface area is 116 Å². The molecule has 0 radical (unpaired) electrons. The van der Waals surface area contributed by atoms with Crippen LogP contribution in [0, 0.1) is 0 Å². The zero-order valence-electron chi connectivity index (χ0n) is 11.0. The van der Waals surface area contributed by atoms with Gasteiger partial charge in [-0.05, 0) is 12.1 Å². The van der Waals surface area contributed by atoms with Crippen LogP contribution in [0.25, 0.3) is 0 Å². The van der Waals surface area contributed by atoms with E-state index in [1.54, 1.807) is 34.1 Å². The fourth-order valence-electron chi connectivity index (χ4n) is 2.23. The molecule has 1 aliphatic heterocycles. The first-order chi connectivity index (χ1) is 9.60. The molecule has 1 aromatic carbocycles. The summed E-state index contributed by atoms with van der Waals surface area (Å²) in [6.45, 7) is 2.09. The zero-order chi connectivity index (χ0) is 14.5. The van der Waals surface area contributed by atoms with Gasteiger partial charge in [0.25, 0.3) is 5.91 Å². The normalized spacial score (nSPS) is 15.9. The molecule has 6 heteroatoms. The lowest BCUT2D eigenvalue weighted by Gasteiger charge is -2.33. The molecule has 0 bridgehead atoms. The Morgan fingerprint density at radius 3 is 2.50 bits per heavy atom. The lowest BCUT2D eigenvalue weighted by molar-refractivity contribution is -0.138. The zero-order valence-corrected chi connectivity index (χ0v) is 11.0. The van der Waals surface area contributed by atoms with Crippen molar-refractivity contribution in [3.8, 4) is 0 Å². The third-order valence-corrected chi connectivity index (χ3v) is 3.29. The van der Waals surface area contributed by atoms with Crippen molar-refractivity contribution in [2.45, 2.75) is 0 Å². The van der Waals surface area contributed by atoms with E-state index in [4.69, 9.17) is 5.11 Å². The molecule has 1 heterocycles. The van der Waals surface area contributed by atoms with Gasteiger partial charge in [-0.15, -0.1) is 0 Å². The monoisotopic (exact) mass is 276 g/mol. The molecule has 0 aliphatic carbocycles. The summed E-state index contributed by atoms with van der Waals surface area (Å²) in [5, 5.41) is 8.72. The van der Waals surface area contributed by atoms with Crippen molar-refractivity contribution in [1.29, 1.82) is 0 Å². The summed E-state index contributed by atoms with van der Waals surface area (Å²) in [4.78, 5) is 37.1. The Hall–Kier alpha value is -2.21. The van der Waals surface area contributed by atoms with Gasteiger partial charge in [0.05, 0.1) is 6.54 Å². The topological polar surface area (TPSA) is 77.9 Å². The number of piperazine rings is 1. The average molecular weight is 276 g/mol. The predicted octanol–water partition coefficient (Wildman–Crippen LogP) is 0.341. The fourth-order valence-corrected chi connectivity index (χ4v) is 2.23. The van der Waals surface area contributed by atoms with Gasteiger partial charge < -0.3 is 10.0 Å². The van der Waals surface area contributed by atoms with Gasteiger partial charge >= 0.3 is 5.97 Å². The molecule has 0 saturated carbocycles. The summed E-state index contributed by atoms with van der Waals surface area (Å²) in [5.41, 5.74) is 0.960. The SMILES string of the molecule is O=Cc1cccc(C(=O)N2CCN(CC(=O)O)CC2)c1. The summed E-state index contributed by atoms with van der Waals surface area (Å²) in [5.74, 6) is -0.980. The van der Waals surface area contributed by atoms with E-state index in [2.05, 4.69) is 0 Å². The number of carbonyl (C=O) groups excluding carboxylic acids is 2. The maximum absolute atomic E-state index is 12.3. The molecule has 1 N–H and O–H groups in total. The van der Waals surface area contributed by atoms with Crippen LogP contribution in [0.2, 0.25) is 0 Å². The number of carboxylic acid groups (broad SMARTS) is 1. The van der Waals surface area contributed by atoms with Crippen LogP contribution in [0.15, 0.2) is 24.3 Å². The maximum Gasteiger partial charge on any atom is 0.317 e.